The third-order valence-electron chi connectivity index (χ3n) is 6.53. The van der Waals surface area contributed by atoms with Gasteiger partial charge in [-0.2, -0.15) is 4.98 Å². The number of likely N-dealkylation sites (N-methyl/N-ethyl adjacent to an activating group) is 1. The van der Waals surface area contributed by atoms with E-state index in [2.05, 4.69) is 15.6 Å². The number of esters is 1. The fourth-order valence-electron chi connectivity index (χ4n) is 4.46. The Morgan fingerprint density at radius 3 is 2.45 bits per heavy atom. The second-order valence-electron chi connectivity index (χ2n) is 8.98. The monoisotopic (exact) mass is 525 g/mol. The SMILES string of the molecule is CCOC(=O)C1=C(Cn2c(NCCO)nc3c2c(=O)n(C)c(=O)n3C)N(C)C(=O)NC1c1ccc(C)cc1. The lowest BCUT2D eigenvalue weighted by molar-refractivity contribution is -0.139. The molecule has 202 valence electrons. The van der Waals surface area contributed by atoms with Crippen molar-refractivity contribution in [3.8, 4) is 0 Å². The van der Waals surface area contributed by atoms with E-state index in [0.717, 1.165) is 10.1 Å². The van der Waals surface area contributed by atoms with E-state index in [1.165, 1.54) is 35.2 Å². The number of fused-ring (bicyclic) bond motifs is 1. The largest absolute Gasteiger partial charge is 0.463 e. The number of benzene rings is 1. The van der Waals surface area contributed by atoms with Gasteiger partial charge in [0.1, 0.15) is 0 Å². The van der Waals surface area contributed by atoms with E-state index in [-0.39, 0.29) is 49.0 Å². The number of carbonyl (C=O) groups is 2. The zero-order valence-corrected chi connectivity index (χ0v) is 21.9. The normalized spacial score (nSPS) is 15.7. The molecule has 3 aromatic rings. The standard InChI is InChI=1S/C25H31N7O6/c1-6-38-22(35)17-16(29(3)24(36)27-18(17)15-9-7-14(2)8-10-15)13-32-19-20(28-23(32)26-11-12-33)30(4)25(37)31(5)21(19)34/h7-10,18,33H,6,11-13H2,1-5H3,(H,26,28)(H,27,36). The lowest BCUT2D eigenvalue weighted by Gasteiger charge is -2.35. The molecule has 13 heteroatoms. The smallest absolute Gasteiger partial charge is 0.338 e. The summed E-state index contributed by atoms with van der Waals surface area (Å²) in [6.07, 6.45) is 0. The number of aromatic nitrogens is 4. The maximum absolute atomic E-state index is 13.3. The number of amides is 2. The first-order valence-electron chi connectivity index (χ1n) is 12.1. The minimum Gasteiger partial charge on any atom is -0.463 e. The minimum atomic E-state index is -0.802. The number of allylic oxidation sites excluding steroid dienone is 1. The van der Waals surface area contributed by atoms with E-state index in [4.69, 9.17) is 4.74 Å². The number of hydrogen-bond donors (Lipinski definition) is 3. The van der Waals surface area contributed by atoms with E-state index in [1.807, 2.05) is 31.2 Å². The average Bonchev–Trinajstić information content (AvgIpc) is 3.26. The van der Waals surface area contributed by atoms with E-state index >= 15 is 0 Å². The van der Waals surface area contributed by atoms with Gasteiger partial charge in [0.15, 0.2) is 11.2 Å². The zero-order valence-electron chi connectivity index (χ0n) is 21.9. The molecule has 1 aliphatic rings. The van der Waals surface area contributed by atoms with Gasteiger partial charge in [0, 0.05) is 27.7 Å². The van der Waals surface area contributed by atoms with Crippen molar-refractivity contribution in [2.75, 3.05) is 32.1 Å². The maximum Gasteiger partial charge on any atom is 0.338 e. The van der Waals surface area contributed by atoms with E-state index in [1.54, 1.807) is 6.92 Å². The van der Waals surface area contributed by atoms with E-state index in [0.29, 0.717) is 11.3 Å². The molecule has 0 saturated heterocycles. The van der Waals surface area contributed by atoms with Gasteiger partial charge in [0.05, 0.1) is 37.1 Å². The second kappa shape index (κ2) is 10.5. The van der Waals surface area contributed by atoms with Crippen molar-refractivity contribution < 1.29 is 19.4 Å². The number of anilines is 1. The molecule has 0 fully saturated rings. The number of aryl methyl sites for hydroxylation is 2. The summed E-state index contributed by atoms with van der Waals surface area (Å²) in [7, 11) is 4.37. The van der Waals surface area contributed by atoms with Crippen molar-refractivity contribution in [1.29, 1.82) is 0 Å². The van der Waals surface area contributed by atoms with Gasteiger partial charge in [0.2, 0.25) is 5.95 Å². The molecule has 1 unspecified atom stereocenters. The summed E-state index contributed by atoms with van der Waals surface area (Å²) in [5.74, 6) is -0.427. The average molecular weight is 526 g/mol. The molecule has 0 radical (unpaired) electrons. The van der Waals surface area contributed by atoms with Gasteiger partial charge in [-0.1, -0.05) is 29.8 Å². The van der Waals surface area contributed by atoms with Crippen molar-refractivity contribution >= 4 is 29.1 Å². The van der Waals surface area contributed by atoms with Crippen LogP contribution in [0.5, 0.6) is 0 Å². The Balaban J connectivity index is 2.00. The molecule has 1 atom stereocenters. The van der Waals surface area contributed by atoms with E-state index in [9.17, 15) is 24.3 Å². The van der Waals surface area contributed by atoms with Crippen LogP contribution in [-0.2, 0) is 30.2 Å². The van der Waals surface area contributed by atoms with Crippen molar-refractivity contribution in [2.24, 2.45) is 14.1 Å². The van der Waals surface area contributed by atoms with Crippen molar-refractivity contribution in [3.05, 3.63) is 67.5 Å². The number of hydrogen-bond acceptors (Lipinski definition) is 8. The Morgan fingerprint density at radius 2 is 1.82 bits per heavy atom. The van der Waals surface area contributed by atoms with Crippen LogP contribution in [0.4, 0.5) is 10.7 Å². The summed E-state index contributed by atoms with van der Waals surface area (Å²) in [4.78, 5) is 58.0. The van der Waals surface area contributed by atoms with Crippen LogP contribution in [0.15, 0.2) is 45.1 Å². The van der Waals surface area contributed by atoms with Gasteiger partial charge in [-0.3, -0.25) is 23.4 Å². The number of urea groups is 1. The Kier molecular flexibility index (Phi) is 7.39. The van der Waals surface area contributed by atoms with Gasteiger partial charge < -0.3 is 20.5 Å². The summed E-state index contributed by atoms with van der Waals surface area (Å²) < 4.78 is 9.10. The number of imidazole rings is 1. The van der Waals surface area contributed by atoms with Crippen molar-refractivity contribution in [1.82, 2.24) is 28.9 Å². The number of aliphatic hydroxyl groups is 1. The lowest BCUT2D eigenvalue weighted by Crippen LogP contribution is -2.48. The Labute approximate surface area is 217 Å². The molecule has 0 saturated carbocycles. The van der Waals surface area contributed by atoms with Gasteiger partial charge in [0.25, 0.3) is 5.56 Å². The summed E-state index contributed by atoms with van der Waals surface area (Å²) in [5, 5.41) is 15.2. The summed E-state index contributed by atoms with van der Waals surface area (Å²) in [6.45, 7) is 3.52. The number of rotatable bonds is 8. The molecule has 13 nitrogen and oxygen atoms in total. The molecule has 38 heavy (non-hydrogen) atoms. The van der Waals surface area contributed by atoms with E-state index < -0.39 is 29.3 Å². The number of aliphatic hydroxyl groups excluding tert-OH is 1. The van der Waals surface area contributed by atoms with Crippen LogP contribution >= 0.6 is 0 Å². The van der Waals surface area contributed by atoms with Crippen molar-refractivity contribution in [3.63, 3.8) is 0 Å². The van der Waals surface area contributed by atoms with Crippen LogP contribution in [0.3, 0.4) is 0 Å². The molecular formula is C25H31N7O6. The van der Waals surface area contributed by atoms with Crippen LogP contribution in [0.2, 0.25) is 0 Å². The molecule has 4 rings (SSSR count). The molecule has 2 aromatic heterocycles. The van der Waals surface area contributed by atoms with Crippen molar-refractivity contribution in [2.45, 2.75) is 26.4 Å². The molecular weight excluding hydrogens is 494 g/mol. The van der Waals surface area contributed by atoms with Gasteiger partial charge in [-0.25, -0.2) is 14.4 Å². The zero-order chi connectivity index (χ0) is 27.7. The molecule has 3 N–H and O–H groups in total. The van der Waals surface area contributed by atoms with Crippen LogP contribution in [-0.4, -0.2) is 67.5 Å². The third-order valence-corrected chi connectivity index (χ3v) is 6.53. The minimum absolute atomic E-state index is 0.0945. The molecule has 0 bridgehead atoms. The van der Waals surface area contributed by atoms with Crippen LogP contribution in [0.1, 0.15) is 24.1 Å². The molecule has 3 heterocycles. The quantitative estimate of drug-likeness (QED) is 0.357. The molecule has 1 aliphatic heterocycles. The second-order valence-corrected chi connectivity index (χ2v) is 8.98. The predicted molar refractivity (Wildman–Crippen MR) is 140 cm³/mol. The van der Waals surface area contributed by atoms with Gasteiger partial charge in [-0.15, -0.1) is 0 Å². The number of nitrogens with one attached hydrogen (secondary N) is 2. The first-order chi connectivity index (χ1) is 18.1. The lowest BCUT2D eigenvalue weighted by atomic mass is 9.94. The molecule has 0 aliphatic carbocycles. The highest BCUT2D eigenvalue weighted by atomic mass is 16.5. The molecule has 2 amide bonds. The van der Waals surface area contributed by atoms with Gasteiger partial charge >= 0.3 is 17.7 Å². The highest BCUT2D eigenvalue weighted by molar-refractivity contribution is 5.95. The maximum atomic E-state index is 13.3. The number of carbonyl (C=O) groups excluding carboxylic acids is 2. The molecule has 0 spiro atoms. The fraction of sp³-hybridized carbons (Fsp3) is 0.400. The topological polar surface area (TPSA) is 153 Å². The molecule has 1 aromatic carbocycles. The predicted octanol–water partition coefficient (Wildman–Crippen LogP) is 0.360. The van der Waals surface area contributed by atoms with Crippen LogP contribution in [0, 0.1) is 6.92 Å². The summed E-state index contributed by atoms with van der Waals surface area (Å²) in [5.41, 5.74) is 1.26. The summed E-state index contributed by atoms with van der Waals surface area (Å²) >= 11 is 0. The third kappa shape index (κ3) is 4.56. The Hall–Kier alpha value is -4.39. The Bertz CT molecular complexity index is 1550. The number of nitrogens with zero attached hydrogens (tertiary/aromatic N) is 5. The summed E-state index contributed by atoms with van der Waals surface area (Å²) in [6, 6.07) is 6.17. The Morgan fingerprint density at radius 1 is 1.13 bits per heavy atom. The first-order valence-corrected chi connectivity index (χ1v) is 12.1. The van der Waals surface area contributed by atoms with Gasteiger partial charge in [-0.05, 0) is 19.4 Å². The number of ether oxygens (including phenoxy) is 1. The van der Waals surface area contributed by atoms with Crippen LogP contribution in [0.25, 0.3) is 11.2 Å². The van der Waals surface area contributed by atoms with Crippen LogP contribution < -0.4 is 21.9 Å². The highest BCUT2D eigenvalue weighted by Crippen LogP contribution is 2.33. The fourth-order valence-corrected chi connectivity index (χ4v) is 4.46. The highest BCUT2D eigenvalue weighted by Gasteiger charge is 2.37. The first kappa shape index (κ1) is 26.7.